The third-order valence-electron chi connectivity index (χ3n) is 3.14. The minimum absolute atomic E-state index is 0.287. The van der Waals surface area contributed by atoms with Gasteiger partial charge in [-0.3, -0.25) is 9.11 Å². The minimum Gasteiger partial charge on any atom is -0.372 e. The Kier molecular flexibility index (Phi) is 6.90. The van der Waals surface area contributed by atoms with Crippen LogP contribution in [-0.4, -0.2) is 48.6 Å². The van der Waals surface area contributed by atoms with E-state index in [2.05, 4.69) is 0 Å². The van der Waals surface area contributed by atoms with Crippen LogP contribution in [0.4, 0.5) is 0 Å². The van der Waals surface area contributed by atoms with Crippen LogP contribution in [0.25, 0.3) is 0 Å². The van der Waals surface area contributed by atoms with Crippen LogP contribution in [0.3, 0.4) is 0 Å². The van der Waals surface area contributed by atoms with Crippen molar-refractivity contribution in [2.45, 2.75) is 63.2 Å². The number of hydrogen-bond acceptors (Lipinski definition) is 5. The Hall–Kier alpha value is -0.220. The van der Waals surface area contributed by atoms with Gasteiger partial charge in [-0.05, 0) is 26.7 Å². The van der Waals surface area contributed by atoms with Crippen LogP contribution in [0, 0.1) is 0 Å². The molecule has 0 aliphatic rings. The first-order valence-corrected chi connectivity index (χ1v) is 9.03. The maximum atomic E-state index is 11.1. The van der Waals surface area contributed by atoms with E-state index >= 15 is 0 Å². The second-order valence-corrected chi connectivity index (χ2v) is 8.02. The first-order valence-electron chi connectivity index (χ1n) is 6.03. The van der Waals surface area contributed by atoms with Gasteiger partial charge in [-0.2, -0.15) is 16.8 Å². The van der Waals surface area contributed by atoms with Crippen molar-refractivity contribution >= 4 is 20.2 Å². The van der Waals surface area contributed by atoms with Gasteiger partial charge >= 0.3 is 0 Å². The fourth-order valence-corrected chi connectivity index (χ4v) is 2.97. The number of ether oxygens (including phenoxy) is 1. The van der Waals surface area contributed by atoms with Crippen molar-refractivity contribution in [1.29, 1.82) is 0 Å². The molecule has 0 aromatic carbocycles. The third kappa shape index (κ3) is 5.74. The molecule has 0 aliphatic carbocycles. The van der Waals surface area contributed by atoms with E-state index in [9.17, 15) is 16.8 Å². The highest BCUT2D eigenvalue weighted by Gasteiger charge is 2.34. The van der Waals surface area contributed by atoms with E-state index in [1.807, 2.05) is 0 Å². The van der Waals surface area contributed by atoms with E-state index in [1.165, 1.54) is 13.8 Å². The molecule has 0 saturated heterocycles. The monoisotopic (exact) mass is 318 g/mol. The second kappa shape index (κ2) is 6.98. The lowest BCUT2D eigenvalue weighted by molar-refractivity contribution is -0.0169. The quantitative estimate of drug-likeness (QED) is 0.643. The van der Waals surface area contributed by atoms with Crippen LogP contribution in [0.5, 0.6) is 0 Å². The molecule has 0 saturated carbocycles. The first kappa shape index (κ1) is 18.8. The van der Waals surface area contributed by atoms with Crippen LogP contribution in [0.2, 0.25) is 0 Å². The van der Waals surface area contributed by atoms with Crippen LogP contribution in [-0.2, 0) is 25.0 Å². The van der Waals surface area contributed by atoms with Gasteiger partial charge in [0.05, 0.1) is 12.2 Å². The standard InChI is InChI=1S/C10H22O7S2/c1-5-9(7(3)18(11,12)13)17-10(6-2)8(4)19(14,15)16/h7-10H,5-6H2,1-4H3,(H,11,12,13)(H,14,15,16). The molecule has 0 bridgehead atoms. The zero-order valence-electron chi connectivity index (χ0n) is 11.5. The Morgan fingerprint density at radius 3 is 1.26 bits per heavy atom. The topological polar surface area (TPSA) is 118 Å². The maximum absolute atomic E-state index is 11.1. The summed E-state index contributed by atoms with van der Waals surface area (Å²) in [4.78, 5) is 0. The van der Waals surface area contributed by atoms with Crippen molar-refractivity contribution < 1.29 is 30.7 Å². The molecular weight excluding hydrogens is 296 g/mol. The molecular formula is C10H22O7S2. The molecule has 0 radical (unpaired) electrons. The Labute approximate surface area is 114 Å². The zero-order chi connectivity index (χ0) is 15.4. The summed E-state index contributed by atoms with van der Waals surface area (Å²) in [6.45, 7) is 5.90. The van der Waals surface area contributed by atoms with Crippen LogP contribution < -0.4 is 0 Å². The maximum Gasteiger partial charge on any atom is 0.270 e. The molecule has 0 aromatic rings. The highest BCUT2D eigenvalue weighted by atomic mass is 32.2. The van der Waals surface area contributed by atoms with Gasteiger partial charge in [-0.15, -0.1) is 0 Å². The summed E-state index contributed by atoms with van der Waals surface area (Å²) >= 11 is 0. The molecule has 0 aromatic heterocycles. The summed E-state index contributed by atoms with van der Waals surface area (Å²) in [6.07, 6.45) is -1.11. The molecule has 4 unspecified atom stereocenters. The molecule has 0 fully saturated rings. The van der Waals surface area contributed by atoms with Crippen molar-refractivity contribution in [1.82, 2.24) is 0 Å². The van der Waals surface area contributed by atoms with Gasteiger partial charge in [-0.25, -0.2) is 0 Å². The lowest BCUT2D eigenvalue weighted by Crippen LogP contribution is -2.41. The normalized spacial score (nSPS) is 19.7. The van der Waals surface area contributed by atoms with Gasteiger partial charge in [0.25, 0.3) is 20.2 Å². The van der Waals surface area contributed by atoms with E-state index in [-0.39, 0.29) is 12.8 Å². The van der Waals surface area contributed by atoms with Gasteiger partial charge < -0.3 is 4.74 Å². The molecule has 4 atom stereocenters. The number of rotatable bonds is 8. The van der Waals surface area contributed by atoms with Crippen LogP contribution in [0.15, 0.2) is 0 Å². The minimum atomic E-state index is -4.27. The van der Waals surface area contributed by atoms with Gasteiger partial charge in [-0.1, -0.05) is 13.8 Å². The predicted octanol–water partition coefficient (Wildman–Crippen LogP) is 1.11. The molecule has 0 heterocycles. The van der Waals surface area contributed by atoms with Crippen molar-refractivity contribution in [3.8, 4) is 0 Å². The molecule has 0 rings (SSSR count). The van der Waals surface area contributed by atoms with Gasteiger partial charge in [0.15, 0.2) is 0 Å². The number of hydrogen-bond donors (Lipinski definition) is 2. The summed E-state index contributed by atoms with van der Waals surface area (Å²) in [7, 11) is -8.53. The Morgan fingerprint density at radius 1 is 0.842 bits per heavy atom. The fourth-order valence-electron chi connectivity index (χ4n) is 1.69. The van der Waals surface area contributed by atoms with E-state index in [1.54, 1.807) is 13.8 Å². The second-order valence-electron chi connectivity index (χ2n) is 4.47. The zero-order valence-corrected chi connectivity index (χ0v) is 13.1. The fraction of sp³-hybridized carbons (Fsp3) is 1.00. The van der Waals surface area contributed by atoms with Crippen molar-refractivity contribution in [3.05, 3.63) is 0 Å². The molecule has 2 N–H and O–H groups in total. The van der Waals surface area contributed by atoms with Crippen LogP contribution in [0.1, 0.15) is 40.5 Å². The summed E-state index contributed by atoms with van der Waals surface area (Å²) in [6, 6.07) is 0. The predicted molar refractivity (Wildman–Crippen MR) is 71.3 cm³/mol. The summed E-state index contributed by atoms with van der Waals surface area (Å²) in [5.41, 5.74) is 0. The van der Waals surface area contributed by atoms with Crippen molar-refractivity contribution in [3.63, 3.8) is 0 Å². The third-order valence-corrected chi connectivity index (χ3v) is 5.63. The molecule has 0 spiro atoms. The lowest BCUT2D eigenvalue weighted by atomic mass is 10.1. The summed E-state index contributed by atoms with van der Waals surface area (Å²) in [5, 5.41) is -2.33. The summed E-state index contributed by atoms with van der Waals surface area (Å²) < 4.78 is 67.7. The molecule has 19 heavy (non-hydrogen) atoms. The first-order chi connectivity index (χ1) is 8.45. The molecule has 0 aliphatic heterocycles. The van der Waals surface area contributed by atoms with Crippen LogP contribution >= 0.6 is 0 Å². The average Bonchev–Trinajstić information content (AvgIpc) is 2.26. The van der Waals surface area contributed by atoms with Gasteiger partial charge in [0.2, 0.25) is 0 Å². The van der Waals surface area contributed by atoms with E-state index in [0.29, 0.717) is 0 Å². The molecule has 116 valence electrons. The van der Waals surface area contributed by atoms with E-state index in [4.69, 9.17) is 13.8 Å². The van der Waals surface area contributed by atoms with Crippen molar-refractivity contribution in [2.24, 2.45) is 0 Å². The Morgan fingerprint density at radius 2 is 1.11 bits per heavy atom. The average molecular weight is 318 g/mol. The van der Waals surface area contributed by atoms with Gasteiger partial charge in [0.1, 0.15) is 10.5 Å². The smallest absolute Gasteiger partial charge is 0.270 e. The van der Waals surface area contributed by atoms with E-state index in [0.717, 1.165) is 0 Å². The van der Waals surface area contributed by atoms with E-state index < -0.39 is 42.9 Å². The Balaban J connectivity index is 5.05. The van der Waals surface area contributed by atoms with Crippen molar-refractivity contribution in [2.75, 3.05) is 0 Å². The molecule has 7 nitrogen and oxygen atoms in total. The van der Waals surface area contributed by atoms with Gasteiger partial charge in [0, 0.05) is 0 Å². The molecule has 0 amide bonds. The highest BCUT2D eigenvalue weighted by Crippen LogP contribution is 2.19. The largest absolute Gasteiger partial charge is 0.372 e. The Bertz CT molecular complexity index is 424. The SMILES string of the molecule is CCC(OC(CC)C(C)S(=O)(=O)O)C(C)S(=O)(=O)O. The molecule has 9 heteroatoms. The highest BCUT2D eigenvalue weighted by molar-refractivity contribution is 7.86. The summed E-state index contributed by atoms with van der Waals surface area (Å²) in [5.74, 6) is 0. The lowest BCUT2D eigenvalue weighted by Gasteiger charge is -2.28.